The summed E-state index contributed by atoms with van der Waals surface area (Å²) >= 11 is 0. The maximum absolute atomic E-state index is 14.6. The largest absolute Gasteiger partial charge is 0.462 e. The van der Waals surface area contributed by atoms with E-state index in [9.17, 15) is 14.0 Å². The van der Waals surface area contributed by atoms with Crippen molar-refractivity contribution in [2.75, 3.05) is 43.1 Å². The molecule has 0 atom stereocenters. The Labute approximate surface area is 187 Å². The van der Waals surface area contributed by atoms with Crippen molar-refractivity contribution < 1.29 is 23.5 Å². The highest BCUT2D eigenvalue weighted by Crippen LogP contribution is 2.26. The molecule has 172 valence electrons. The van der Waals surface area contributed by atoms with Crippen molar-refractivity contribution in [2.24, 2.45) is 0 Å². The second-order valence-electron chi connectivity index (χ2n) is 7.51. The van der Waals surface area contributed by atoms with Gasteiger partial charge in [0.25, 0.3) is 0 Å². The van der Waals surface area contributed by atoms with Crippen LogP contribution in [-0.4, -0.2) is 49.4 Å². The first-order valence-electron chi connectivity index (χ1n) is 10.8. The molecule has 1 aromatic carbocycles. The van der Waals surface area contributed by atoms with E-state index in [4.69, 9.17) is 9.47 Å². The number of nitrogens with zero attached hydrogens (tertiary/aromatic N) is 2. The number of ether oxygens (including phenoxy) is 2. The Morgan fingerprint density at radius 3 is 2.53 bits per heavy atom. The van der Waals surface area contributed by atoms with Crippen LogP contribution in [-0.2, 0) is 20.8 Å². The van der Waals surface area contributed by atoms with E-state index in [1.807, 2.05) is 30.2 Å². The second-order valence-corrected chi connectivity index (χ2v) is 7.51. The standard InChI is InChI=1S/C24H30FN3O4/c1-5-28-16(3)19(23(17(28)4)24(30)32-6-2)8-10-22(29)26-18-7-9-21(20(25)15-18)27-11-13-31-14-12-27/h7-10,15H,5-6,11-14H2,1-4H3,(H,26,29)/b10-8+. The minimum absolute atomic E-state index is 0.268. The maximum atomic E-state index is 14.6. The highest BCUT2D eigenvalue weighted by Gasteiger charge is 2.22. The van der Waals surface area contributed by atoms with Gasteiger partial charge in [0, 0.05) is 48.3 Å². The van der Waals surface area contributed by atoms with Gasteiger partial charge in [-0.25, -0.2) is 9.18 Å². The summed E-state index contributed by atoms with van der Waals surface area (Å²) in [4.78, 5) is 26.9. The number of hydrogen-bond donors (Lipinski definition) is 1. The maximum Gasteiger partial charge on any atom is 0.340 e. The first kappa shape index (κ1) is 23.5. The van der Waals surface area contributed by atoms with Crippen LogP contribution in [0.3, 0.4) is 0 Å². The number of nitrogens with one attached hydrogen (secondary N) is 1. The molecule has 1 saturated heterocycles. The van der Waals surface area contributed by atoms with Crippen LogP contribution < -0.4 is 10.2 Å². The number of aromatic nitrogens is 1. The lowest BCUT2D eigenvalue weighted by Crippen LogP contribution is -2.36. The van der Waals surface area contributed by atoms with Gasteiger partial charge in [-0.15, -0.1) is 0 Å². The number of hydrogen-bond acceptors (Lipinski definition) is 5. The number of amides is 1. The zero-order valence-corrected chi connectivity index (χ0v) is 19.0. The summed E-state index contributed by atoms with van der Waals surface area (Å²) in [6.45, 7) is 10.9. The molecule has 0 radical (unpaired) electrons. The van der Waals surface area contributed by atoms with Crippen molar-refractivity contribution in [1.29, 1.82) is 0 Å². The predicted molar refractivity (Wildman–Crippen MR) is 123 cm³/mol. The quantitative estimate of drug-likeness (QED) is 0.519. The van der Waals surface area contributed by atoms with E-state index in [0.717, 1.165) is 11.4 Å². The number of morpholine rings is 1. The Bertz CT molecular complexity index is 1020. The number of halogens is 1. The molecule has 1 aliphatic rings. The summed E-state index contributed by atoms with van der Waals surface area (Å²) in [6.07, 6.45) is 2.95. The molecule has 2 heterocycles. The van der Waals surface area contributed by atoms with Crippen LogP contribution in [0.1, 0.15) is 41.2 Å². The Morgan fingerprint density at radius 1 is 1.19 bits per heavy atom. The van der Waals surface area contributed by atoms with E-state index >= 15 is 0 Å². The predicted octanol–water partition coefficient (Wildman–Crippen LogP) is 3.93. The topological polar surface area (TPSA) is 72.8 Å². The van der Waals surface area contributed by atoms with Gasteiger partial charge in [-0.05, 0) is 52.0 Å². The number of rotatable bonds is 7. The number of esters is 1. The molecule has 0 unspecified atom stereocenters. The summed E-state index contributed by atoms with van der Waals surface area (Å²) < 4.78 is 27.1. The lowest BCUT2D eigenvalue weighted by Gasteiger charge is -2.29. The van der Waals surface area contributed by atoms with E-state index in [0.29, 0.717) is 55.3 Å². The van der Waals surface area contributed by atoms with Crippen molar-refractivity contribution in [2.45, 2.75) is 34.2 Å². The normalized spacial score (nSPS) is 14.1. The van der Waals surface area contributed by atoms with E-state index in [-0.39, 0.29) is 6.61 Å². The molecule has 0 spiro atoms. The minimum Gasteiger partial charge on any atom is -0.462 e. The van der Waals surface area contributed by atoms with Crippen molar-refractivity contribution in [3.63, 3.8) is 0 Å². The van der Waals surface area contributed by atoms with Gasteiger partial charge in [-0.3, -0.25) is 4.79 Å². The van der Waals surface area contributed by atoms with Crippen LogP contribution in [0.15, 0.2) is 24.3 Å². The molecule has 1 fully saturated rings. The smallest absolute Gasteiger partial charge is 0.340 e. The van der Waals surface area contributed by atoms with Gasteiger partial charge in [0.05, 0.1) is 31.1 Å². The molecular formula is C24H30FN3O4. The molecule has 0 aliphatic carbocycles. The molecule has 7 nitrogen and oxygen atoms in total. The number of carbonyl (C=O) groups is 2. The summed E-state index contributed by atoms with van der Waals surface area (Å²) in [5.74, 6) is -1.23. The number of carbonyl (C=O) groups excluding carboxylic acids is 2. The van der Waals surface area contributed by atoms with Gasteiger partial charge in [0.15, 0.2) is 0 Å². The van der Waals surface area contributed by atoms with Gasteiger partial charge in [-0.2, -0.15) is 0 Å². The van der Waals surface area contributed by atoms with Crippen LogP contribution in [0.25, 0.3) is 6.08 Å². The monoisotopic (exact) mass is 443 g/mol. The lowest BCUT2D eigenvalue weighted by atomic mass is 10.1. The fraction of sp³-hybridized carbons (Fsp3) is 0.417. The molecule has 0 bridgehead atoms. The van der Waals surface area contributed by atoms with Gasteiger partial charge >= 0.3 is 5.97 Å². The molecule has 1 aliphatic heterocycles. The Kier molecular flexibility index (Phi) is 7.69. The van der Waals surface area contributed by atoms with Crippen molar-refractivity contribution in [1.82, 2.24) is 4.57 Å². The van der Waals surface area contributed by atoms with Gasteiger partial charge in [-0.1, -0.05) is 0 Å². The third-order valence-electron chi connectivity index (χ3n) is 5.59. The zero-order valence-electron chi connectivity index (χ0n) is 19.0. The van der Waals surface area contributed by atoms with E-state index in [2.05, 4.69) is 5.32 Å². The van der Waals surface area contributed by atoms with Gasteiger partial charge in [0.2, 0.25) is 5.91 Å². The summed E-state index contributed by atoms with van der Waals surface area (Å²) in [5.41, 5.74) is 3.62. The fourth-order valence-electron chi connectivity index (χ4n) is 4.04. The minimum atomic E-state index is -0.417. The fourth-order valence-corrected chi connectivity index (χ4v) is 4.04. The highest BCUT2D eigenvalue weighted by atomic mass is 19.1. The van der Waals surface area contributed by atoms with Crippen LogP contribution in [0.2, 0.25) is 0 Å². The lowest BCUT2D eigenvalue weighted by molar-refractivity contribution is -0.111. The Balaban J connectivity index is 1.77. The summed E-state index contributed by atoms with van der Waals surface area (Å²) in [6, 6.07) is 4.64. The third kappa shape index (κ3) is 5.02. The average molecular weight is 444 g/mol. The van der Waals surface area contributed by atoms with Crippen molar-refractivity contribution in [3.8, 4) is 0 Å². The molecule has 8 heteroatoms. The van der Waals surface area contributed by atoms with E-state index in [1.165, 1.54) is 12.1 Å². The van der Waals surface area contributed by atoms with E-state index in [1.54, 1.807) is 25.1 Å². The number of benzene rings is 1. The molecule has 1 N–H and O–H groups in total. The molecule has 32 heavy (non-hydrogen) atoms. The summed E-state index contributed by atoms with van der Waals surface area (Å²) in [5, 5.41) is 2.68. The molecule has 3 rings (SSSR count). The van der Waals surface area contributed by atoms with Crippen LogP contribution >= 0.6 is 0 Å². The van der Waals surface area contributed by atoms with Crippen LogP contribution in [0, 0.1) is 19.7 Å². The molecule has 0 saturated carbocycles. The molecular weight excluding hydrogens is 413 g/mol. The Morgan fingerprint density at radius 2 is 1.91 bits per heavy atom. The first-order valence-corrected chi connectivity index (χ1v) is 10.8. The second kappa shape index (κ2) is 10.5. The third-order valence-corrected chi connectivity index (χ3v) is 5.59. The Hall–Kier alpha value is -3.13. The molecule has 2 aromatic rings. The van der Waals surface area contributed by atoms with Gasteiger partial charge < -0.3 is 24.3 Å². The van der Waals surface area contributed by atoms with E-state index < -0.39 is 17.7 Å². The van der Waals surface area contributed by atoms with Crippen LogP contribution in [0.4, 0.5) is 15.8 Å². The number of anilines is 2. The zero-order chi connectivity index (χ0) is 23.3. The molecule has 1 amide bonds. The van der Waals surface area contributed by atoms with Gasteiger partial charge in [0.1, 0.15) is 5.82 Å². The first-order chi connectivity index (χ1) is 15.4. The highest BCUT2D eigenvalue weighted by molar-refractivity contribution is 6.04. The average Bonchev–Trinajstić information content (AvgIpc) is 3.02. The van der Waals surface area contributed by atoms with Crippen molar-refractivity contribution in [3.05, 3.63) is 52.6 Å². The van der Waals surface area contributed by atoms with Crippen LogP contribution in [0.5, 0.6) is 0 Å². The van der Waals surface area contributed by atoms with Crippen molar-refractivity contribution >= 4 is 29.3 Å². The SMILES string of the molecule is CCOC(=O)c1c(/C=C/C(=O)Nc2ccc(N3CCOCC3)c(F)c2)c(C)n(CC)c1C. The molecule has 1 aromatic heterocycles. The summed E-state index contributed by atoms with van der Waals surface area (Å²) in [7, 11) is 0.